The molecule has 0 amide bonds. The van der Waals surface area contributed by atoms with Gasteiger partial charge in [-0.05, 0) is 37.9 Å². The topological polar surface area (TPSA) is 42.7 Å². The third-order valence-corrected chi connectivity index (χ3v) is 3.85. The molecular formula is C14H22Cl2N4. The molecule has 3 heterocycles. The molecule has 4 nitrogen and oxygen atoms in total. The molecule has 112 valence electrons. The van der Waals surface area contributed by atoms with Crippen molar-refractivity contribution in [2.75, 3.05) is 13.1 Å². The number of pyridine rings is 1. The van der Waals surface area contributed by atoms with Crippen molar-refractivity contribution >= 4 is 35.8 Å². The highest BCUT2D eigenvalue weighted by Crippen LogP contribution is 2.21. The van der Waals surface area contributed by atoms with Crippen LogP contribution in [0.15, 0.2) is 18.5 Å². The van der Waals surface area contributed by atoms with Gasteiger partial charge in [-0.25, -0.2) is 4.98 Å². The normalized spacial score (nSPS) is 15.7. The molecule has 2 aromatic heterocycles. The van der Waals surface area contributed by atoms with Gasteiger partial charge in [0.25, 0.3) is 0 Å². The fourth-order valence-electron chi connectivity index (χ4n) is 2.83. The van der Waals surface area contributed by atoms with Crippen LogP contribution in [0.5, 0.6) is 0 Å². The van der Waals surface area contributed by atoms with Gasteiger partial charge in [0.15, 0.2) is 0 Å². The number of rotatable bonds is 3. The van der Waals surface area contributed by atoms with Gasteiger partial charge in [-0.2, -0.15) is 0 Å². The average molecular weight is 317 g/mol. The maximum Gasteiger partial charge on any atom is 0.109 e. The highest BCUT2D eigenvalue weighted by atomic mass is 35.5. The maximum absolute atomic E-state index is 4.68. The Morgan fingerprint density at radius 1 is 1.30 bits per heavy atom. The van der Waals surface area contributed by atoms with E-state index in [0.717, 1.165) is 37.5 Å². The summed E-state index contributed by atoms with van der Waals surface area (Å²) in [5.74, 6) is 1.97. The van der Waals surface area contributed by atoms with Crippen LogP contribution in [-0.4, -0.2) is 27.6 Å². The van der Waals surface area contributed by atoms with Gasteiger partial charge in [0.05, 0.1) is 11.7 Å². The number of hydrogen-bond donors (Lipinski definition) is 1. The first-order chi connectivity index (χ1) is 8.88. The lowest BCUT2D eigenvalue weighted by atomic mass is 9.98. The minimum atomic E-state index is 0. The molecule has 0 saturated carbocycles. The zero-order valence-electron chi connectivity index (χ0n) is 11.7. The van der Waals surface area contributed by atoms with Gasteiger partial charge in [-0.15, -0.1) is 24.8 Å². The van der Waals surface area contributed by atoms with E-state index in [0.29, 0.717) is 0 Å². The summed E-state index contributed by atoms with van der Waals surface area (Å²) in [6, 6.07) is 2.09. The van der Waals surface area contributed by atoms with Crippen LogP contribution < -0.4 is 5.32 Å². The van der Waals surface area contributed by atoms with E-state index in [2.05, 4.69) is 32.8 Å². The summed E-state index contributed by atoms with van der Waals surface area (Å²) in [4.78, 5) is 8.84. The second kappa shape index (κ2) is 7.81. The van der Waals surface area contributed by atoms with E-state index in [9.17, 15) is 0 Å². The minimum Gasteiger partial charge on any atom is -0.328 e. The fourth-order valence-corrected chi connectivity index (χ4v) is 2.83. The van der Waals surface area contributed by atoms with Gasteiger partial charge in [0, 0.05) is 19.2 Å². The van der Waals surface area contributed by atoms with Gasteiger partial charge in [0.1, 0.15) is 11.3 Å². The van der Waals surface area contributed by atoms with Crippen molar-refractivity contribution in [2.45, 2.75) is 32.7 Å². The lowest BCUT2D eigenvalue weighted by Gasteiger charge is -2.24. The highest BCUT2D eigenvalue weighted by Gasteiger charge is 2.17. The average Bonchev–Trinajstić information content (AvgIpc) is 2.78. The van der Waals surface area contributed by atoms with E-state index < -0.39 is 0 Å². The van der Waals surface area contributed by atoms with Gasteiger partial charge < -0.3 is 9.88 Å². The van der Waals surface area contributed by atoms with Gasteiger partial charge in [0.2, 0.25) is 0 Å². The fraction of sp³-hybridized carbons (Fsp3) is 0.571. The number of aromatic nitrogens is 3. The zero-order chi connectivity index (χ0) is 12.4. The second-order valence-corrected chi connectivity index (χ2v) is 5.05. The van der Waals surface area contributed by atoms with Crippen LogP contribution in [0, 0.1) is 5.92 Å². The molecule has 1 aliphatic heterocycles. The number of fused-ring (bicyclic) bond motifs is 1. The molecule has 3 rings (SSSR count). The van der Waals surface area contributed by atoms with Crippen molar-refractivity contribution in [1.82, 2.24) is 19.9 Å². The number of nitrogens with zero attached hydrogens (tertiary/aromatic N) is 3. The Hall–Kier alpha value is -0.840. The van der Waals surface area contributed by atoms with Crippen molar-refractivity contribution in [3.63, 3.8) is 0 Å². The molecule has 1 aliphatic rings. The van der Waals surface area contributed by atoms with Crippen molar-refractivity contribution in [2.24, 2.45) is 5.92 Å². The molecule has 0 unspecified atom stereocenters. The lowest BCUT2D eigenvalue weighted by Crippen LogP contribution is -2.30. The Bertz CT molecular complexity index is 535. The summed E-state index contributed by atoms with van der Waals surface area (Å²) < 4.78 is 2.40. The predicted octanol–water partition coefficient (Wildman–Crippen LogP) is 2.84. The zero-order valence-corrected chi connectivity index (χ0v) is 13.3. The summed E-state index contributed by atoms with van der Waals surface area (Å²) in [6.07, 6.45) is 7.26. The van der Waals surface area contributed by atoms with E-state index in [1.54, 1.807) is 0 Å². The molecule has 0 spiro atoms. The molecule has 20 heavy (non-hydrogen) atoms. The Balaban J connectivity index is 0.000001000. The van der Waals surface area contributed by atoms with Crippen molar-refractivity contribution in [3.8, 4) is 0 Å². The van der Waals surface area contributed by atoms with Crippen LogP contribution >= 0.6 is 24.8 Å². The molecule has 6 heteroatoms. The molecule has 0 radical (unpaired) electrons. The number of halogens is 2. The van der Waals surface area contributed by atoms with E-state index in [4.69, 9.17) is 0 Å². The van der Waals surface area contributed by atoms with Crippen molar-refractivity contribution < 1.29 is 0 Å². The number of imidazole rings is 1. The first-order valence-corrected chi connectivity index (χ1v) is 6.88. The number of aryl methyl sites for hydroxylation is 1. The molecule has 1 saturated heterocycles. The van der Waals surface area contributed by atoms with Crippen molar-refractivity contribution in [3.05, 3.63) is 24.3 Å². The minimum absolute atomic E-state index is 0. The van der Waals surface area contributed by atoms with E-state index in [1.165, 1.54) is 24.2 Å². The first kappa shape index (κ1) is 17.2. The van der Waals surface area contributed by atoms with Crippen LogP contribution in [-0.2, 0) is 13.0 Å². The molecule has 2 aromatic rings. The SMILES string of the molecule is CCc1nc2cnccc2n1CC1CCNCC1.Cl.Cl. The van der Waals surface area contributed by atoms with Gasteiger partial charge in [-0.1, -0.05) is 6.92 Å². The molecule has 0 aromatic carbocycles. The summed E-state index contributed by atoms with van der Waals surface area (Å²) in [5.41, 5.74) is 2.27. The monoisotopic (exact) mass is 316 g/mol. The lowest BCUT2D eigenvalue weighted by molar-refractivity contribution is 0.333. The van der Waals surface area contributed by atoms with Crippen LogP contribution in [0.1, 0.15) is 25.6 Å². The number of nitrogens with one attached hydrogen (secondary N) is 1. The predicted molar refractivity (Wildman–Crippen MR) is 87.0 cm³/mol. The summed E-state index contributed by atoms with van der Waals surface area (Å²) in [6.45, 7) is 5.58. The summed E-state index contributed by atoms with van der Waals surface area (Å²) in [5, 5.41) is 3.43. The number of hydrogen-bond acceptors (Lipinski definition) is 3. The molecule has 0 bridgehead atoms. The third-order valence-electron chi connectivity index (χ3n) is 3.85. The smallest absolute Gasteiger partial charge is 0.109 e. The highest BCUT2D eigenvalue weighted by molar-refractivity contribution is 5.85. The number of piperidine rings is 1. The van der Waals surface area contributed by atoms with E-state index in [-0.39, 0.29) is 24.8 Å². The van der Waals surface area contributed by atoms with Crippen molar-refractivity contribution in [1.29, 1.82) is 0 Å². The molecule has 0 aliphatic carbocycles. The second-order valence-electron chi connectivity index (χ2n) is 5.05. The Morgan fingerprint density at radius 3 is 2.75 bits per heavy atom. The molecule has 0 atom stereocenters. The Morgan fingerprint density at radius 2 is 2.05 bits per heavy atom. The van der Waals surface area contributed by atoms with Crippen LogP contribution in [0.3, 0.4) is 0 Å². The molecular weight excluding hydrogens is 295 g/mol. The van der Waals surface area contributed by atoms with Crippen LogP contribution in [0.2, 0.25) is 0 Å². The van der Waals surface area contributed by atoms with Crippen LogP contribution in [0.4, 0.5) is 0 Å². The third kappa shape index (κ3) is 3.43. The summed E-state index contributed by atoms with van der Waals surface area (Å²) in [7, 11) is 0. The first-order valence-electron chi connectivity index (χ1n) is 6.88. The Kier molecular flexibility index (Phi) is 6.72. The largest absolute Gasteiger partial charge is 0.328 e. The summed E-state index contributed by atoms with van der Waals surface area (Å²) >= 11 is 0. The Labute approximate surface area is 132 Å². The van der Waals surface area contributed by atoms with Gasteiger partial charge in [-0.3, -0.25) is 4.98 Å². The van der Waals surface area contributed by atoms with E-state index >= 15 is 0 Å². The molecule has 1 fully saturated rings. The van der Waals surface area contributed by atoms with E-state index in [1.807, 2.05) is 12.4 Å². The molecule has 1 N–H and O–H groups in total. The van der Waals surface area contributed by atoms with Gasteiger partial charge >= 0.3 is 0 Å². The quantitative estimate of drug-likeness (QED) is 0.946. The van der Waals surface area contributed by atoms with Crippen LogP contribution in [0.25, 0.3) is 11.0 Å². The standard InChI is InChI=1S/C14H20N4.2ClH/c1-2-14-17-12-9-16-8-5-13(12)18(14)10-11-3-6-15-7-4-11;;/h5,8-9,11,15H,2-4,6-7,10H2,1H3;2*1H. The maximum atomic E-state index is 4.68.